The molecule has 0 aliphatic carbocycles. The number of hydrogen-bond acceptors (Lipinski definition) is 5. The summed E-state index contributed by atoms with van der Waals surface area (Å²) in [5.41, 5.74) is 0. The Hall–Kier alpha value is -1.38. The van der Waals surface area contributed by atoms with Crippen LogP contribution >= 0.6 is 11.6 Å². The van der Waals surface area contributed by atoms with Gasteiger partial charge in [0.15, 0.2) is 5.75 Å². The minimum absolute atomic E-state index is 0.0827. The maximum Gasteiger partial charge on any atom is 0.324 e. The summed E-state index contributed by atoms with van der Waals surface area (Å²) in [6.07, 6.45) is 0.772. The summed E-state index contributed by atoms with van der Waals surface area (Å²) in [4.78, 5) is 11.2. The summed E-state index contributed by atoms with van der Waals surface area (Å²) in [5.74, 6) is -2.30. The van der Waals surface area contributed by atoms with Crippen molar-refractivity contribution in [1.29, 1.82) is 0 Å². The van der Waals surface area contributed by atoms with Gasteiger partial charge in [0.05, 0.1) is 11.6 Å². The normalized spacial score (nSPS) is 19.3. The number of esters is 1. The molecule has 1 heterocycles. The molecule has 22 heavy (non-hydrogen) atoms. The number of rotatable bonds is 4. The molecular formula is C13H15ClFNO5S. The van der Waals surface area contributed by atoms with Crippen molar-refractivity contribution in [3.05, 3.63) is 23.0 Å². The Morgan fingerprint density at radius 3 is 2.86 bits per heavy atom. The van der Waals surface area contributed by atoms with Crippen molar-refractivity contribution >= 4 is 27.6 Å². The van der Waals surface area contributed by atoms with Gasteiger partial charge in [0, 0.05) is 6.54 Å². The first kappa shape index (κ1) is 17.0. The van der Waals surface area contributed by atoms with E-state index in [4.69, 9.17) is 16.3 Å². The number of ether oxygens (including phenoxy) is 1. The van der Waals surface area contributed by atoms with Crippen LogP contribution in [0.2, 0.25) is 5.02 Å². The number of hydrogen-bond donors (Lipinski definition) is 1. The van der Waals surface area contributed by atoms with E-state index in [0.29, 0.717) is 18.9 Å². The highest BCUT2D eigenvalue weighted by molar-refractivity contribution is 7.89. The van der Waals surface area contributed by atoms with E-state index in [1.807, 2.05) is 0 Å². The summed E-state index contributed by atoms with van der Waals surface area (Å²) in [6, 6.07) is 0.506. The predicted octanol–water partition coefficient (Wildman–Crippen LogP) is 1.90. The molecule has 0 radical (unpaired) electrons. The van der Waals surface area contributed by atoms with E-state index in [9.17, 15) is 22.7 Å². The Morgan fingerprint density at radius 2 is 2.23 bits per heavy atom. The second kappa shape index (κ2) is 6.39. The van der Waals surface area contributed by atoms with Gasteiger partial charge in [0.2, 0.25) is 10.0 Å². The molecule has 1 N–H and O–H groups in total. The van der Waals surface area contributed by atoms with Crippen molar-refractivity contribution in [3.63, 3.8) is 0 Å². The third-order valence-corrected chi connectivity index (χ3v) is 5.55. The molecule has 1 aromatic carbocycles. The van der Waals surface area contributed by atoms with Gasteiger partial charge in [-0.15, -0.1) is 0 Å². The van der Waals surface area contributed by atoms with Gasteiger partial charge in [-0.3, -0.25) is 4.79 Å². The molecule has 0 spiro atoms. The highest BCUT2D eigenvalue weighted by Gasteiger charge is 2.41. The van der Waals surface area contributed by atoms with E-state index in [-0.39, 0.29) is 13.2 Å². The molecule has 1 aliphatic heterocycles. The van der Waals surface area contributed by atoms with Crippen molar-refractivity contribution in [2.45, 2.75) is 30.7 Å². The lowest BCUT2D eigenvalue weighted by Gasteiger charge is -2.23. The first-order valence-corrected chi connectivity index (χ1v) is 8.47. The molecule has 122 valence electrons. The lowest BCUT2D eigenvalue weighted by molar-refractivity contribution is -0.146. The minimum Gasteiger partial charge on any atom is -0.505 e. The molecule has 2 rings (SSSR count). The Morgan fingerprint density at radius 1 is 1.55 bits per heavy atom. The maximum atomic E-state index is 13.4. The van der Waals surface area contributed by atoms with E-state index >= 15 is 0 Å². The Balaban J connectivity index is 2.44. The molecule has 0 bridgehead atoms. The summed E-state index contributed by atoms with van der Waals surface area (Å²) >= 11 is 5.62. The van der Waals surface area contributed by atoms with E-state index in [2.05, 4.69) is 0 Å². The smallest absolute Gasteiger partial charge is 0.324 e. The lowest BCUT2D eigenvalue weighted by atomic mass is 10.2. The van der Waals surface area contributed by atoms with Gasteiger partial charge in [-0.2, -0.15) is 4.31 Å². The molecule has 0 aromatic heterocycles. The lowest BCUT2D eigenvalue weighted by Crippen LogP contribution is -2.41. The maximum absolute atomic E-state index is 13.4. The van der Waals surface area contributed by atoms with Gasteiger partial charge >= 0.3 is 5.97 Å². The Kier molecular flexibility index (Phi) is 4.93. The van der Waals surface area contributed by atoms with Crippen molar-refractivity contribution in [2.75, 3.05) is 13.2 Å². The zero-order valence-electron chi connectivity index (χ0n) is 11.8. The molecule has 1 aliphatic rings. The number of nitrogens with zero attached hydrogens (tertiary/aromatic N) is 1. The molecule has 9 heteroatoms. The van der Waals surface area contributed by atoms with Crippen LogP contribution in [0.5, 0.6) is 5.75 Å². The fourth-order valence-electron chi connectivity index (χ4n) is 2.37. The Bertz CT molecular complexity index is 694. The highest BCUT2D eigenvalue weighted by Crippen LogP contribution is 2.36. The van der Waals surface area contributed by atoms with Crippen LogP contribution in [0.1, 0.15) is 19.8 Å². The van der Waals surface area contributed by atoms with Crippen molar-refractivity contribution in [3.8, 4) is 5.75 Å². The average molecular weight is 352 g/mol. The molecule has 6 nitrogen and oxygen atoms in total. The van der Waals surface area contributed by atoms with E-state index in [1.165, 1.54) is 0 Å². The van der Waals surface area contributed by atoms with Crippen LogP contribution in [0.4, 0.5) is 4.39 Å². The number of halogens is 2. The molecule has 0 saturated carbocycles. The van der Waals surface area contributed by atoms with Crippen LogP contribution in [-0.2, 0) is 19.6 Å². The summed E-state index contributed by atoms with van der Waals surface area (Å²) in [7, 11) is -4.27. The third kappa shape index (κ3) is 3.04. The van der Waals surface area contributed by atoms with Gasteiger partial charge in [0.1, 0.15) is 16.8 Å². The van der Waals surface area contributed by atoms with Gasteiger partial charge < -0.3 is 9.84 Å². The quantitative estimate of drug-likeness (QED) is 0.837. The van der Waals surface area contributed by atoms with Crippen molar-refractivity contribution in [1.82, 2.24) is 4.31 Å². The fraction of sp³-hybridized carbons (Fsp3) is 0.462. The van der Waals surface area contributed by atoms with Crippen molar-refractivity contribution < 1.29 is 27.4 Å². The number of phenols is 1. The molecular weight excluding hydrogens is 337 g/mol. The fourth-order valence-corrected chi connectivity index (χ4v) is 4.39. The number of aromatic hydroxyl groups is 1. The SMILES string of the molecule is CCOC(=O)[C@@H]1CCCN1S(=O)(=O)c1cc(F)cc(Cl)c1O. The number of benzene rings is 1. The van der Waals surface area contributed by atoms with Gasteiger partial charge in [-0.1, -0.05) is 11.6 Å². The first-order valence-electron chi connectivity index (χ1n) is 6.65. The van der Waals surface area contributed by atoms with Crippen LogP contribution < -0.4 is 0 Å². The molecule has 1 aromatic rings. The van der Waals surface area contributed by atoms with Crippen LogP contribution in [-0.4, -0.2) is 43.0 Å². The summed E-state index contributed by atoms with van der Waals surface area (Å²) in [5, 5.41) is 9.41. The zero-order valence-corrected chi connectivity index (χ0v) is 13.3. The van der Waals surface area contributed by atoms with Crippen LogP contribution in [0.15, 0.2) is 17.0 Å². The summed E-state index contributed by atoms with van der Waals surface area (Å²) < 4.78 is 44.4. The van der Waals surface area contributed by atoms with Crippen LogP contribution in [0.3, 0.4) is 0 Å². The van der Waals surface area contributed by atoms with Gasteiger partial charge in [-0.25, -0.2) is 12.8 Å². The van der Waals surface area contributed by atoms with E-state index in [1.54, 1.807) is 6.92 Å². The van der Waals surface area contributed by atoms with E-state index < -0.39 is 43.5 Å². The number of phenolic OH excluding ortho intramolecular Hbond substituents is 1. The monoisotopic (exact) mass is 351 g/mol. The predicted molar refractivity (Wildman–Crippen MR) is 76.6 cm³/mol. The van der Waals surface area contributed by atoms with Gasteiger partial charge in [0.25, 0.3) is 0 Å². The van der Waals surface area contributed by atoms with Crippen LogP contribution in [0.25, 0.3) is 0 Å². The number of sulfonamides is 1. The second-order valence-corrected chi connectivity index (χ2v) is 7.03. The first-order chi connectivity index (χ1) is 10.3. The molecule has 1 saturated heterocycles. The number of carbonyl (C=O) groups excluding carboxylic acids is 1. The minimum atomic E-state index is -4.27. The molecule has 0 amide bonds. The van der Waals surface area contributed by atoms with Gasteiger partial charge in [-0.05, 0) is 31.9 Å². The average Bonchev–Trinajstić information content (AvgIpc) is 2.93. The molecule has 1 atom stereocenters. The number of carbonyl (C=O) groups is 1. The standard InChI is InChI=1S/C13H15ClFNO5S/c1-2-21-13(18)10-4-3-5-16(10)22(19,20)11-7-8(15)6-9(14)12(11)17/h6-7,10,17H,2-5H2,1H3/t10-/m0/s1. The molecule has 0 unspecified atom stereocenters. The van der Waals surface area contributed by atoms with Crippen molar-refractivity contribution in [2.24, 2.45) is 0 Å². The highest BCUT2D eigenvalue weighted by atomic mass is 35.5. The van der Waals surface area contributed by atoms with E-state index in [0.717, 1.165) is 10.4 Å². The summed E-state index contributed by atoms with van der Waals surface area (Å²) in [6.45, 7) is 1.82. The topological polar surface area (TPSA) is 83.9 Å². The third-order valence-electron chi connectivity index (χ3n) is 3.34. The largest absolute Gasteiger partial charge is 0.505 e. The van der Waals surface area contributed by atoms with Crippen LogP contribution in [0, 0.1) is 5.82 Å². The second-order valence-electron chi connectivity index (χ2n) is 4.76. The Labute approximate surface area is 132 Å². The molecule has 1 fully saturated rings. The zero-order chi connectivity index (χ0) is 16.5.